The normalized spacial score (nSPS) is 26.1. The van der Waals surface area contributed by atoms with Crippen LogP contribution < -0.4 is 5.32 Å². The molecular formula is C13H18N2O3. The summed E-state index contributed by atoms with van der Waals surface area (Å²) < 4.78 is 5.54. The van der Waals surface area contributed by atoms with Gasteiger partial charge in [-0.25, -0.2) is 0 Å². The summed E-state index contributed by atoms with van der Waals surface area (Å²) in [5, 5.41) is 2.66. The van der Waals surface area contributed by atoms with Gasteiger partial charge in [-0.1, -0.05) is 0 Å². The molecule has 3 atom stereocenters. The first kappa shape index (κ1) is 12.7. The number of furan rings is 1. The van der Waals surface area contributed by atoms with E-state index >= 15 is 0 Å². The van der Waals surface area contributed by atoms with E-state index in [0.29, 0.717) is 5.76 Å². The molecule has 1 aliphatic rings. The van der Waals surface area contributed by atoms with Crippen molar-refractivity contribution in [3.63, 3.8) is 0 Å². The number of nitrogens with zero attached hydrogens (tertiary/aromatic N) is 1. The molecule has 0 aromatic carbocycles. The number of hydrogen-bond acceptors (Lipinski definition) is 3. The molecule has 2 heterocycles. The molecule has 2 amide bonds. The van der Waals surface area contributed by atoms with Gasteiger partial charge in [-0.2, -0.15) is 0 Å². The second-order valence-corrected chi connectivity index (χ2v) is 4.78. The van der Waals surface area contributed by atoms with Crippen LogP contribution in [0.1, 0.15) is 38.3 Å². The lowest BCUT2D eigenvalue weighted by molar-refractivity contribution is -0.151. The summed E-state index contributed by atoms with van der Waals surface area (Å²) in [6.45, 7) is 7.15. The quantitative estimate of drug-likeness (QED) is 0.862. The van der Waals surface area contributed by atoms with Crippen molar-refractivity contribution < 1.29 is 14.0 Å². The lowest BCUT2D eigenvalue weighted by Crippen LogP contribution is -2.61. The van der Waals surface area contributed by atoms with Gasteiger partial charge in [0, 0.05) is 0 Å². The first-order valence-electron chi connectivity index (χ1n) is 6.10. The molecule has 1 fully saturated rings. The third-order valence-electron chi connectivity index (χ3n) is 3.37. The standard InChI is InChI=1S/C13H18N2O3/c1-7-5-6-11(18-7)9(3)15-10(4)12(16)14-8(2)13(15)17/h5-6,8-10H,1-4H3,(H,14,16). The van der Waals surface area contributed by atoms with E-state index < -0.39 is 12.1 Å². The second-order valence-electron chi connectivity index (χ2n) is 4.78. The molecule has 2 rings (SSSR count). The van der Waals surface area contributed by atoms with Crippen LogP contribution >= 0.6 is 0 Å². The van der Waals surface area contributed by atoms with E-state index in [1.165, 1.54) is 0 Å². The summed E-state index contributed by atoms with van der Waals surface area (Å²) in [6, 6.07) is 2.50. The predicted molar refractivity (Wildman–Crippen MR) is 65.8 cm³/mol. The van der Waals surface area contributed by atoms with Crippen LogP contribution in [-0.2, 0) is 9.59 Å². The van der Waals surface area contributed by atoms with E-state index in [0.717, 1.165) is 5.76 Å². The molecule has 18 heavy (non-hydrogen) atoms. The molecule has 5 nitrogen and oxygen atoms in total. The third kappa shape index (κ3) is 2.00. The molecule has 0 spiro atoms. The molecule has 0 radical (unpaired) electrons. The Morgan fingerprint density at radius 1 is 1.33 bits per heavy atom. The number of hydrogen-bond donors (Lipinski definition) is 1. The first-order valence-corrected chi connectivity index (χ1v) is 6.10. The van der Waals surface area contributed by atoms with Crippen molar-refractivity contribution in [2.45, 2.75) is 45.8 Å². The predicted octanol–water partition coefficient (Wildman–Crippen LogP) is 1.38. The average Bonchev–Trinajstić information content (AvgIpc) is 2.73. The molecule has 98 valence electrons. The fourth-order valence-electron chi connectivity index (χ4n) is 2.28. The second kappa shape index (κ2) is 4.48. The van der Waals surface area contributed by atoms with Gasteiger partial charge in [0.1, 0.15) is 23.6 Å². The molecule has 0 bridgehead atoms. The van der Waals surface area contributed by atoms with Gasteiger partial charge in [0.25, 0.3) is 0 Å². The fraction of sp³-hybridized carbons (Fsp3) is 0.538. The highest BCUT2D eigenvalue weighted by Gasteiger charge is 2.39. The van der Waals surface area contributed by atoms with Gasteiger partial charge in [0.2, 0.25) is 11.8 Å². The Morgan fingerprint density at radius 2 is 2.00 bits per heavy atom. The molecule has 1 aromatic heterocycles. The highest BCUT2D eigenvalue weighted by Crippen LogP contribution is 2.26. The highest BCUT2D eigenvalue weighted by atomic mass is 16.3. The minimum absolute atomic E-state index is 0.0800. The Kier molecular flexibility index (Phi) is 3.15. The minimum atomic E-state index is -0.479. The number of carbonyl (C=O) groups is 2. The smallest absolute Gasteiger partial charge is 0.246 e. The molecule has 1 aliphatic heterocycles. The van der Waals surface area contributed by atoms with Gasteiger partial charge < -0.3 is 14.6 Å². The summed E-state index contributed by atoms with van der Waals surface area (Å²) in [5.41, 5.74) is 0. The number of amides is 2. The maximum Gasteiger partial charge on any atom is 0.246 e. The van der Waals surface area contributed by atoms with E-state index in [1.807, 2.05) is 26.0 Å². The van der Waals surface area contributed by atoms with Crippen molar-refractivity contribution in [1.29, 1.82) is 0 Å². The molecule has 0 saturated carbocycles. The number of carbonyl (C=O) groups excluding carboxylic acids is 2. The molecule has 1 N–H and O–H groups in total. The van der Waals surface area contributed by atoms with Crippen molar-refractivity contribution in [2.75, 3.05) is 0 Å². The van der Waals surface area contributed by atoms with Crippen LogP contribution in [0.5, 0.6) is 0 Å². The lowest BCUT2D eigenvalue weighted by Gasteiger charge is -2.39. The Balaban J connectivity index is 2.29. The van der Waals surface area contributed by atoms with Gasteiger partial charge in [-0.05, 0) is 39.8 Å². The van der Waals surface area contributed by atoms with Crippen molar-refractivity contribution in [2.24, 2.45) is 0 Å². The number of nitrogens with one attached hydrogen (secondary N) is 1. The Labute approximate surface area is 106 Å². The van der Waals surface area contributed by atoms with Gasteiger partial charge in [-0.15, -0.1) is 0 Å². The zero-order valence-electron chi connectivity index (χ0n) is 11.1. The van der Waals surface area contributed by atoms with Crippen LogP contribution in [0.15, 0.2) is 16.5 Å². The van der Waals surface area contributed by atoms with Crippen molar-refractivity contribution >= 4 is 11.8 Å². The van der Waals surface area contributed by atoms with Crippen molar-refractivity contribution in [1.82, 2.24) is 10.2 Å². The summed E-state index contributed by atoms with van der Waals surface area (Å²) in [5.74, 6) is 1.29. The van der Waals surface area contributed by atoms with Crippen LogP contribution in [0.4, 0.5) is 0 Å². The summed E-state index contributed by atoms with van der Waals surface area (Å²) in [7, 11) is 0. The summed E-state index contributed by atoms with van der Waals surface area (Å²) >= 11 is 0. The van der Waals surface area contributed by atoms with Crippen LogP contribution in [0.2, 0.25) is 0 Å². The van der Waals surface area contributed by atoms with Crippen LogP contribution in [0, 0.1) is 6.92 Å². The third-order valence-corrected chi connectivity index (χ3v) is 3.37. The topological polar surface area (TPSA) is 62.6 Å². The van der Waals surface area contributed by atoms with E-state index in [2.05, 4.69) is 5.32 Å². The Bertz CT molecular complexity index is 480. The lowest BCUT2D eigenvalue weighted by atomic mass is 10.1. The van der Waals surface area contributed by atoms with E-state index in [1.54, 1.807) is 18.7 Å². The Morgan fingerprint density at radius 3 is 2.56 bits per heavy atom. The van der Waals surface area contributed by atoms with Gasteiger partial charge in [0.15, 0.2) is 0 Å². The number of aryl methyl sites for hydroxylation is 1. The largest absolute Gasteiger partial charge is 0.464 e. The van der Waals surface area contributed by atoms with Crippen molar-refractivity contribution in [3.8, 4) is 0 Å². The van der Waals surface area contributed by atoms with Crippen LogP contribution in [0.25, 0.3) is 0 Å². The van der Waals surface area contributed by atoms with Gasteiger partial charge in [-0.3, -0.25) is 9.59 Å². The fourth-order valence-corrected chi connectivity index (χ4v) is 2.28. The zero-order chi connectivity index (χ0) is 13.4. The monoisotopic (exact) mass is 250 g/mol. The zero-order valence-corrected chi connectivity index (χ0v) is 11.1. The van der Waals surface area contributed by atoms with E-state index in [-0.39, 0.29) is 17.9 Å². The van der Waals surface area contributed by atoms with Gasteiger partial charge in [0.05, 0.1) is 6.04 Å². The molecule has 1 saturated heterocycles. The molecule has 5 heteroatoms. The highest BCUT2D eigenvalue weighted by molar-refractivity contribution is 5.96. The van der Waals surface area contributed by atoms with Gasteiger partial charge >= 0.3 is 0 Å². The number of rotatable bonds is 2. The van der Waals surface area contributed by atoms with Crippen molar-refractivity contribution in [3.05, 3.63) is 23.7 Å². The maximum absolute atomic E-state index is 12.2. The molecule has 1 aromatic rings. The first-order chi connectivity index (χ1) is 8.41. The molecule has 0 aliphatic carbocycles. The van der Waals surface area contributed by atoms with E-state index in [4.69, 9.17) is 4.42 Å². The van der Waals surface area contributed by atoms with Crippen LogP contribution in [-0.4, -0.2) is 28.8 Å². The number of piperazine rings is 1. The average molecular weight is 250 g/mol. The van der Waals surface area contributed by atoms with E-state index in [9.17, 15) is 9.59 Å². The summed E-state index contributed by atoms with van der Waals surface area (Å²) in [4.78, 5) is 25.5. The Hall–Kier alpha value is -1.78. The minimum Gasteiger partial charge on any atom is -0.464 e. The summed E-state index contributed by atoms with van der Waals surface area (Å²) in [6.07, 6.45) is 0. The SMILES string of the molecule is Cc1ccc(C(C)N2C(=O)C(C)NC(=O)C2C)o1. The maximum atomic E-state index is 12.2. The molecular weight excluding hydrogens is 232 g/mol. The van der Waals surface area contributed by atoms with Crippen LogP contribution in [0.3, 0.4) is 0 Å². The molecule has 3 unspecified atom stereocenters.